The predicted molar refractivity (Wildman–Crippen MR) is 64.3 cm³/mol. The van der Waals surface area contributed by atoms with E-state index in [4.69, 9.17) is 0 Å². The molecule has 1 aliphatic carbocycles. The molecule has 1 N–H and O–H groups in total. The first-order valence-corrected chi connectivity index (χ1v) is 7.44. The second-order valence-electron chi connectivity index (χ2n) is 4.60. The number of rotatable bonds is 2. The fraction of sp³-hybridized carbons (Fsp3) is 1.00. The van der Waals surface area contributed by atoms with E-state index in [1.54, 1.807) is 0 Å². The lowest BCUT2D eigenvalue weighted by Crippen LogP contribution is -2.40. The monoisotopic (exact) mass is 253 g/mol. The molecule has 1 saturated carbocycles. The number of nitrogens with one attached hydrogen (secondary N) is 1. The summed E-state index contributed by atoms with van der Waals surface area (Å²) in [4.78, 5) is 0. The molecule has 90 valence electrons. The summed E-state index contributed by atoms with van der Waals surface area (Å²) in [5.74, 6) is 0.751. The summed E-state index contributed by atoms with van der Waals surface area (Å²) in [6.07, 6.45) is 7.24. The van der Waals surface area contributed by atoms with E-state index in [1.807, 2.05) is 0 Å². The van der Waals surface area contributed by atoms with Gasteiger partial charge in [0.15, 0.2) is 9.84 Å². The van der Waals surface area contributed by atoms with Gasteiger partial charge in [-0.2, -0.15) is 0 Å². The highest BCUT2D eigenvalue weighted by molar-refractivity contribution is 7.91. The van der Waals surface area contributed by atoms with E-state index in [0.29, 0.717) is 17.5 Å². The molecule has 0 radical (unpaired) electrons. The molecule has 0 amide bonds. The summed E-state index contributed by atoms with van der Waals surface area (Å²) in [5, 5.41) is 3.49. The molecule has 1 heterocycles. The minimum Gasteiger partial charge on any atom is -0.310 e. The van der Waals surface area contributed by atoms with Crippen LogP contribution >= 0.6 is 12.4 Å². The second kappa shape index (κ2) is 5.51. The van der Waals surface area contributed by atoms with Gasteiger partial charge in [-0.25, -0.2) is 8.42 Å². The van der Waals surface area contributed by atoms with Crippen molar-refractivity contribution in [1.82, 2.24) is 5.32 Å². The van der Waals surface area contributed by atoms with Crippen LogP contribution in [0.2, 0.25) is 0 Å². The molecular formula is C10H20ClNO2S. The molecule has 2 fully saturated rings. The van der Waals surface area contributed by atoms with Crippen molar-refractivity contribution in [1.29, 1.82) is 0 Å². The Morgan fingerprint density at radius 1 is 0.933 bits per heavy atom. The highest BCUT2D eigenvalue weighted by atomic mass is 35.5. The molecule has 15 heavy (non-hydrogen) atoms. The van der Waals surface area contributed by atoms with Crippen LogP contribution in [0, 0.1) is 0 Å². The predicted octanol–water partition coefficient (Wildman–Crippen LogP) is 1.52. The van der Waals surface area contributed by atoms with E-state index in [0.717, 1.165) is 6.42 Å². The summed E-state index contributed by atoms with van der Waals surface area (Å²) < 4.78 is 22.5. The summed E-state index contributed by atoms with van der Waals surface area (Å²) in [7, 11) is -2.71. The molecule has 2 aliphatic rings. The third kappa shape index (κ3) is 3.93. The zero-order chi connectivity index (χ0) is 10.0. The Morgan fingerprint density at radius 2 is 1.60 bits per heavy atom. The van der Waals surface area contributed by atoms with Crippen molar-refractivity contribution < 1.29 is 8.42 Å². The van der Waals surface area contributed by atoms with Crippen LogP contribution in [0.1, 0.15) is 38.5 Å². The molecule has 0 aromatic rings. The molecule has 1 saturated heterocycles. The quantitative estimate of drug-likeness (QED) is 0.812. The Morgan fingerprint density at radius 3 is 2.13 bits per heavy atom. The second-order valence-corrected chi connectivity index (χ2v) is 6.83. The first kappa shape index (κ1) is 13.3. The van der Waals surface area contributed by atoms with Crippen molar-refractivity contribution >= 4 is 22.2 Å². The highest BCUT2D eigenvalue weighted by Crippen LogP contribution is 2.20. The fourth-order valence-corrected chi connectivity index (χ4v) is 4.22. The number of sulfone groups is 1. The highest BCUT2D eigenvalue weighted by Gasteiger charge is 2.29. The number of halogens is 1. The van der Waals surface area contributed by atoms with Gasteiger partial charge in [0.25, 0.3) is 0 Å². The lowest BCUT2D eigenvalue weighted by Gasteiger charge is -2.25. The van der Waals surface area contributed by atoms with E-state index in [9.17, 15) is 8.42 Å². The fourth-order valence-electron chi connectivity index (χ4n) is 2.53. The van der Waals surface area contributed by atoms with Gasteiger partial charge in [0.1, 0.15) is 0 Å². The Labute approximate surface area is 98.3 Å². The smallest absolute Gasteiger partial charge is 0.151 e. The van der Waals surface area contributed by atoms with Gasteiger partial charge in [0.2, 0.25) is 0 Å². The van der Waals surface area contributed by atoms with E-state index < -0.39 is 9.84 Å². The van der Waals surface area contributed by atoms with Crippen LogP contribution in [-0.4, -0.2) is 32.0 Å². The molecule has 0 aromatic carbocycles. The Hall–Kier alpha value is 0.200. The van der Waals surface area contributed by atoms with Gasteiger partial charge in [-0.1, -0.05) is 19.3 Å². The van der Waals surface area contributed by atoms with E-state index in [2.05, 4.69) is 5.32 Å². The van der Waals surface area contributed by atoms with Crippen LogP contribution < -0.4 is 5.32 Å². The van der Waals surface area contributed by atoms with Crippen LogP contribution in [0.25, 0.3) is 0 Å². The standard InChI is InChI=1S/C10H19NO2S.ClH/c12-14(13)7-6-10(8-14)11-9-4-2-1-3-5-9;/h9-11H,1-8H2;1H. The van der Waals surface area contributed by atoms with Gasteiger partial charge in [0.05, 0.1) is 11.5 Å². The minimum absolute atomic E-state index is 0. The lowest BCUT2D eigenvalue weighted by molar-refractivity contribution is 0.346. The van der Waals surface area contributed by atoms with Gasteiger partial charge in [-0.05, 0) is 19.3 Å². The Balaban J connectivity index is 0.00000112. The first-order chi connectivity index (χ1) is 6.66. The van der Waals surface area contributed by atoms with Crippen molar-refractivity contribution in [3.8, 4) is 0 Å². The molecule has 5 heteroatoms. The average molecular weight is 254 g/mol. The largest absolute Gasteiger partial charge is 0.310 e. The van der Waals surface area contributed by atoms with Crippen molar-refractivity contribution in [2.75, 3.05) is 11.5 Å². The van der Waals surface area contributed by atoms with Crippen molar-refractivity contribution in [2.45, 2.75) is 50.6 Å². The maximum absolute atomic E-state index is 11.2. The molecule has 1 atom stereocenters. The summed E-state index contributed by atoms with van der Waals surface area (Å²) in [5.41, 5.74) is 0. The van der Waals surface area contributed by atoms with Gasteiger partial charge in [-0.3, -0.25) is 0 Å². The van der Waals surface area contributed by atoms with Crippen LogP contribution in [0.5, 0.6) is 0 Å². The van der Waals surface area contributed by atoms with Crippen molar-refractivity contribution in [2.24, 2.45) is 0 Å². The van der Waals surface area contributed by atoms with E-state index in [1.165, 1.54) is 32.1 Å². The molecule has 0 bridgehead atoms. The third-order valence-corrected chi connectivity index (χ3v) is 5.08. The molecule has 2 rings (SSSR count). The molecule has 0 aromatic heterocycles. The van der Waals surface area contributed by atoms with Gasteiger partial charge in [0, 0.05) is 12.1 Å². The molecule has 1 unspecified atom stereocenters. The average Bonchev–Trinajstić information content (AvgIpc) is 2.47. The van der Waals surface area contributed by atoms with Crippen LogP contribution in [0.15, 0.2) is 0 Å². The van der Waals surface area contributed by atoms with E-state index in [-0.39, 0.29) is 18.4 Å². The molecule has 1 aliphatic heterocycles. The van der Waals surface area contributed by atoms with Crippen molar-refractivity contribution in [3.63, 3.8) is 0 Å². The van der Waals surface area contributed by atoms with Gasteiger partial charge < -0.3 is 5.32 Å². The first-order valence-electron chi connectivity index (χ1n) is 5.62. The maximum atomic E-state index is 11.2. The van der Waals surface area contributed by atoms with Crippen LogP contribution in [0.4, 0.5) is 0 Å². The Bertz CT molecular complexity index is 286. The minimum atomic E-state index is -2.71. The number of hydrogen-bond donors (Lipinski definition) is 1. The van der Waals surface area contributed by atoms with E-state index >= 15 is 0 Å². The van der Waals surface area contributed by atoms with Crippen LogP contribution in [0.3, 0.4) is 0 Å². The molecule has 3 nitrogen and oxygen atoms in total. The van der Waals surface area contributed by atoms with Gasteiger partial charge >= 0.3 is 0 Å². The van der Waals surface area contributed by atoms with Crippen LogP contribution in [-0.2, 0) is 9.84 Å². The van der Waals surface area contributed by atoms with Gasteiger partial charge in [-0.15, -0.1) is 12.4 Å². The SMILES string of the molecule is Cl.O=S1(=O)CCC(NC2CCCCC2)C1. The molecule has 0 spiro atoms. The lowest BCUT2D eigenvalue weighted by atomic mass is 9.95. The Kier molecular flexibility index (Phi) is 4.87. The zero-order valence-electron chi connectivity index (χ0n) is 8.94. The van der Waals surface area contributed by atoms with Crippen molar-refractivity contribution in [3.05, 3.63) is 0 Å². The normalized spacial score (nSPS) is 31.1. The zero-order valence-corrected chi connectivity index (χ0v) is 10.6. The number of hydrogen-bond acceptors (Lipinski definition) is 3. The molecular weight excluding hydrogens is 234 g/mol. The third-order valence-electron chi connectivity index (χ3n) is 3.31. The topological polar surface area (TPSA) is 46.2 Å². The summed E-state index contributed by atoms with van der Waals surface area (Å²) >= 11 is 0. The summed E-state index contributed by atoms with van der Waals surface area (Å²) in [6.45, 7) is 0. The maximum Gasteiger partial charge on any atom is 0.151 e. The summed E-state index contributed by atoms with van der Waals surface area (Å²) in [6, 6.07) is 0.824.